The second kappa shape index (κ2) is 9.03. The van der Waals surface area contributed by atoms with E-state index in [1.165, 1.54) is 11.3 Å². The second-order valence-electron chi connectivity index (χ2n) is 5.73. The Labute approximate surface area is 129 Å². The average molecular weight is 293 g/mol. The summed E-state index contributed by atoms with van der Waals surface area (Å²) in [7, 11) is 5.86. The van der Waals surface area contributed by atoms with Crippen molar-refractivity contribution in [3.63, 3.8) is 0 Å². The molecule has 0 amide bonds. The minimum absolute atomic E-state index is 0.242. The van der Waals surface area contributed by atoms with Gasteiger partial charge in [0, 0.05) is 52.1 Å². The Hall–Kier alpha value is -1.10. The highest BCUT2D eigenvalue weighted by molar-refractivity contribution is 5.46. The van der Waals surface area contributed by atoms with Crippen molar-refractivity contribution in [1.82, 2.24) is 4.90 Å². The van der Waals surface area contributed by atoms with Crippen molar-refractivity contribution in [3.05, 3.63) is 29.8 Å². The van der Waals surface area contributed by atoms with E-state index in [0.29, 0.717) is 12.6 Å². The molecule has 4 nitrogen and oxygen atoms in total. The van der Waals surface area contributed by atoms with Crippen LogP contribution in [-0.4, -0.2) is 51.8 Å². The van der Waals surface area contributed by atoms with Gasteiger partial charge in [-0.25, -0.2) is 0 Å². The van der Waals surface area contributed by atoms with Gasteiger partial charge in [-0.15, -0.1) is 0 Å². The fourth-order valence-electron chi connectivity index (χ4n) is 2.57. The standard InChI is InChI=1S/C17H31N3O/c1-6-14(2)20(11-12-21-5)17(13-18)15-7-9-16(10-8-15)19(3)4/h7-10,14,17H,6,11-13,18H2,1-5H3. The largest absolute Gasteiger partial charge is 0.383 e. The van der Waals surface area contributed by atoms with E-state index in [1.54, 1.807) is 7.11 Å². The SMILES string of the molecule is CCC(C)N(CCOC)C(CN)c1ccc(N(C)C)cc1. The van der Waals surface area contributed by atoms with Crippen molar-refractivity contribution in [2.75, 3.05) is 45.8 Å². The van der Waals surface area contributed by atoms with Crippen LogP contribution < -0.4 is 10.6 Å². The van der Waals surface area contributed by atoms with Gasteiger partial charge in [-0.1, -0.05) is 19.1 Å². The van der Waals surface area contributed by atoms with Crippen LogP contribution in [-0.2, 0) is 4.74 Å². The lowest BCUT2D eigenvalue weighted by molar-refractivity contribution is 0.0902. The minimum Gasteiger partial charge on any atom is -0.383 e. The molecule has 0 aromatic heterocycles. The highest BCUT2D eigenvalue weighted by Crippen LogP contribution is 2.25. The van der Waals surface area contributed by atoms with Gasteiger partial charge >= 0.3 is 0 Å². The van der Waals surface area contributed by atoms with Crippen LogP contribution in [0.5, 0.6) is 0 Å². The topological polar surface area (TPSA) is 41.7 Å². The molecule has 1 rings (SSSR count). The molecule has 0 heterocycles. The lowest BCUT2D eigenvalue weighted by atomic mass is 10.0. The van der Waals surface area contributed by atoms with Gasteiger partial charge in [0.15, 0.2) is 0 Å². The molecule has 0 bridgehead atoms. The molecule has 1 aromatic carbocycles. The minimum atomic E-state index is 0.242. The predicted octanol–water partition coefficient (Wildman–Crippen LogP) is 2.50. The Morgan fingerprint density at radius 1 is 1.19 bits per heavy atom. The maximum Gasteiger partial charge on any atom is 0.0590 e. The van der Waals surface area contributed by atoms with E-state index in [4.69, 9.17) is 10.5 Å². The third-order valence-electron chi connectivity index (χ3n) is 4.13. The number of nitrogens with two attached hydrogens (primary N) is 1. The predicted molar refractivity (Wildman–Crippen MR) is 90.9 cm³/mol. The van der Waals surface area contributed by atoms with Crippen molar-refractivity contribution in [2.45, 2.75) is 32.4 Å². The second-order valence-corrected chi connectivity index (χ2v) is 5.73. The summed E-state index contributed by atoms with van der Waals surface area (Å²) in [6, 6.07) is 9.42. The van der Waals surface area contributed by atoms with E-state index >= 15 is 0 Å². The third-order valence-corrected chi connectivity index (χ3v) is 4.13. The van der Waals surface area contributed by atoms with E-state index in [-0.39, 0.29) is 6.04 Å². The number of ether oxygens (including phenoxy) is 1. The molecule has 2 atom stereocenters. The molecular formula is C17H31N3O. The van der Waals surface area contributed by atoms with E-state index in [0.717, 1.165) is 19.6 Å². The zero-order valence-corrected chi connectivity index (χ0v) is 14.2. The smallest absolute Gasteiger partial charge is 0.0590 e. The summed E-state index contributed by atoms with van der Waals surface area (Å²) < 4.78 is 5.26. The van der Waals surface area contributed by atoms with E-state index in [9.17, 15) is 0 Å². The quantitative estimate of drug-likeness (QED) is 0.759. The molecule has 0 aliphatic heterocycles. The van der Waals surface area contributed by atoms with Crippen LogP contribution >= 0.6 is 0 Å². The molecule has 2 N–H and O–H groups in total. The Morgan fingerprint density at radius 3 is 2.24 bits per heavy atom. The van der Waals surface area contributed by atoms with Gasteiger partial charge < -0.3 is 15.4 Å². The molecule has 0 saturated heterocycles. The monoisotopic (exact) mass is 293 g/mol. The van der Waals surface area contributed by atoms with Crippen molar-refractivity contribution < 1.29 is 4.74 Å². The van der Waals surface area contributed by atoms with Gasteiger partial charge in [0.25, 0.3) is 0 Å². The third kappa shape index (κ3) is 4.99. The first-order valence-electron chi connectivity index (χ1n) is 7.77. The Bertz CT molecular complexity index is 392. The number of anilines is 1. The molecule has 0 saturated carbocycles. The summed E-state index contributed by atoms with van der Waals surface area (Å²) >= 11 is 0. The lowest BCUT2D eigenvalue weighted by Crippen LogP contribution is -2.41. The number of hydrogen-bond acceptors (Lipinski definition) is 4. The van der Waals surface area contributed by atoms with Gasteiger partial charge in [0.2, 0.25) is 0 Å². The average Bonchev–Trinajstić information content (AvgIpc) is 2.50. The molecule has 0 aliphatic carbocycles. The van der Waals surface area contributed by atoms with Gasteiger partial charge in [-0.05, 0) is 31.0 Å². The van der Waals surface area contributed by atoms with Crippen molar-refractivity contribution in [3.8, 4) is 0 Å². The van der Waals surface area contributed by atoms with E-state index < -0.39 is 0 Å². The van der Waals surface area contributed by atoms with Gasteiger partial charge in [-0.3, -0.25) is 4.90 Å². The highest BCUT2D eigenvalue weighted by atomic mass is 16.5. The molecule has 120 valence electrons. The Kier molecular flexibility index (Phi) is 7.72. The van der Waals surface area contributed by atoms with Gasteiger partial charge in [-0.2, -0.15) is 0 Å². The summed E-state index contributed by atoms with van der Waals surface area (Å²) in [5, 5.41) is 0. The van der Waals surface area contributed by atoms with Crippen molar-refractivity contribution >= 4 is 5.69 Å². The fraction of sp³-hybridized carbons (Fsp3) is 0.647. The Balaban J connectivity index is 2.95. The molecular weight excluding hydrogens is 262 g/mol. The molecule has 0 aliphatic rings. The number of rotatable bonds is 9. The zero-order valence-electron chi connectivity index (χ0n) is 14.2. The van der Waals surface area contributed by atoms with Crippen LogP contribution in [0, 0.1) is 0 Å². The van der Waals surface area contributed by atoms with E-state index in [1.807, 2.05) is 0 Å². The number of methoxy groups -OCH3 is 1. The maximum absolute atomic E-state index is 6.07. The fourth-order valence-corrected chi connectivity index (χ4v) is 2.57. The molecule has 0 radical (unpaired) electrons. The van der Waals surface area contributed by atoms with Crippen LogP contribution in [0.25, 0.3) is 0 Å². The van der Waals surface area contributed by atoms with Gasteiger partial charge in [0.1, 0.15) is 0 Å². The molecule has 21 heavy (non-hydrogen) atoms. The maximum atomic E-state index is 6.07. The van der Waals surface area contributed by atoms with Crippen molar-refractivity contribution in [1.29, 1.82) is 0 Å². The molecule has 0 spiro atoms. The normalized spacial score (nSPS) is 14.2. The summed E-state index contributed by atoms with van der Waals surface area (Å²) in [5.74, 6) is 0. The summed E-state index contributed by atoms with van der Waals surface area (Å²) in [4.78, 5) is 4.56. The summed E-state index contributed by atoms with van der Waals surface area (Å²) in [6.07, 6.45) is 1.11. The summed E-state index contributed by atoms with van der Waals surface area (Å²) in [5.41, 5.74) is 8.56. The highest BCUT2D eigenvalue weighted by Gasteiger charge is 2.22. The zero-order chi connectivity index (χ0) is 15.8. The van der Waals surface area contributed by atoms with Crippen LogP contribution in [0.15, 0.2) is 24.3 Å². The number of benzene rings is 1. The Morgan fingerprint density at radius 2 is 1.81 bits per heavy atom. The number of nitrogens with zero attached hydrogens (tertiary/aromatic N) is 2. The molecule has 2 unspecified atom stereocenters. The molecule has 1 aromatic rings. The van der Waals surface area contributed by atoms with Crippen LogP contribution in [0.2, 0.25) is 0 Å². The van der Waals surface area contributed by atoms with Crippen LogP contribution in [0.4, 0.5) is 5.69 Å². The number of hydrogen-bond donors (Lipinski definition) is 1. The van der Waals surface area contributed by atoms with E-state index in [2.05, 4.69) is 62.0 Å². The molecule has 4 heteroatoms. The van der Waals surface area contributed by atoms with Crippen molar-refractivity contribution in [2.24, 2.45) is 5.73 Å². The first-order valence-corrected chi connectivity index (χ1v) is 7.77. The molecule has 0 fully saturated rings. The first kappa shape index (κ1) is 18.0. The van der Waals surface area contributed by atoms with Gasteiger partial charge in [0.05, 0.1) is 6.61 Å². The first-order chi connectivity index (χ1) is 10.0. The van der Waals surface area contributed by atoms with Crippen LogP contribution in [0.1, 0.15) is 31.9 Å². The summed E-state index contributed by atoms with van der Waals surface area (Å²) in [6.45, 7) is 6.73. The van der Waals surface area contributed by atoms with Crippen LogP contribution in [0.3, 0.4) is 0 Å². The lowest BCUT2D eigenvalue weighted by Gasteiger charge is -2.36.